The molecule has 2 N–H and O–H groups in total. The van der Waals surface area contributed by atoms with Crippen molar-refractivity contribution in [3.05, 3.63) is 88.1 Å². The summed E-state index contributed by atoms with van der Waals surface area (Å²) in [5.74, 6) is -0.202. The molecular formula is C26H25N3O2. The first-order valence-corrected chi connectivity index (χ1v) is 10.6. The number of hydrogen-bond acceptors (Lipinski definition) is 2. The van der Waals surface area contributed by atoms with Crippen LogP contribution >= 0.6 is 0 Å². The highest BCUT2D eigenvalue weighted by Crippen LogP contribution is 2.39. The summed E-state index contributed by atoms with van der Waals surface area (Å²) >= 11 is 0. The van der Waals surface area contributed by atoms with Crippen molar-refractivity contribution in [2.45, 2.75) is 32.7 Å². The van der Waals surface area contributed by atoms with E-state index in [1.54, 1.807) is 7.05 Å². The van der Waals surface area contributed by atoms with Crippen molar-refractivity contribution in [2.75, 3.05) is 12.4 Å². The zero-order valence-corrected chi connectivity index (χ0v) is 18.0. The fraction of sp³-hybridized carbons (Fsp3) is 0.231. The van der Waals surface area contributed by atoms with Crippen LogP contribution in [0.25, 0.3) is 10.8 Å². The van der Waals surface area contributed by atoms with Gasteiger partial charge in [-0.2, -0.15) is 0 Å². The molecule has 31 heavy (non-hydrogen) atoms. The van der Waals surface area contributed by atoms with Gasteiger partial charge in [-0.25, -0.2) is 4.79 Å². The predicted molar refractivity (Wildman–Crippen MR) is 123 cm³/mol. The Balaban J connectivity index is 1.64. The van der Waals surface area contributed by atoms with E-state index in [1.165, 1.54) is 21.4 Å². The lowest BCUT2D eigenvalue weighted by atomic mass is 9.89. The van der Waals surface area contributed by atoms with Crippen LogP contribution < -0.4 is 10.6 Å². The second-order valence-corrected chi connectivity index (χ2v) is 8.36. The van der Waals surface area contributed by atoms with Crippen molar-refractivity contribution in [3.63, 3.8) is 0 Å². The van der Waals surface area contributed by atoms with E-state index < -0.39 is 6.04 Å². The van der Waals surface area contributed by atoms with Crippen molar-refractivity contribution >= 4 is 28.4 Å². The van der Waals surface area contributed by atoms with Crippen LogP contribution in [0.4, 0.5) is 10.5 Å². The highest BCUT2D eigenvalue weighted by molar-refractivity contribution is 6.08. The van der Waals surface area contributed by atoms with Crippen LogP contribution in [0.3, 0.4) is 0 Å². The van der Waals surface area contributed by atoms with Gasteiger partial charge in [0.15, 0.2) is 0 Å². The fourth-order valence-electron chi connectivity index (χ4n) is 4.79. The normalized spacial score (nSPS) is 17.8. The van der Waals surface area contributed by atoms with Crippen LogP contribution in [0.1, 0.15) is 35.2 Å². The van der Waals surface area contributed by atoms with Gasteiger partial charge in [-0.15, -0.1) is 0 Å². The summed E-state index contributed by atoms with van der Waals surface area (Å²) in [6.07, 6.45) is 2.07. The number of hydrogen-bond donors (Lipinski definition) is 2. The molecule has 0 saturated heterocycles. The summed E-state index contributed by atoms with van der Waals surface area (Å²) in [5.41, 5.74) is 6.60. The van der Waals surface area contributed by atoms with Crippen LogP contribution in [0, 0.1) is 6.92 Å². The van der Waals surface area contributed by atoms with E-state index in [-0.39, 0.29) is 11.9 Å². The highest BCUT2D eigenvalue weighted by Gasteiger charge is 2.35. The number of aryl methyl sites for hydroxylation is 3. The molecule has 5 rings (SSSR count). The first kappa shape index (κ1) is 19.4. The molecule has 0 aromatic heterocycles. The van der Waals surface area contributed by atoms with Crippen LogP contribution in [-0.4, -0.2) is 23.9 Å². The summed E-state index contributed by atoms with van der Waals surface area (Å²) in [6.45, 7) is 3.80. The van der Waals surface area contributed by atoms with Crippen LogP contribution in [0.5, 0.6) is 0 Å². The topological polar surface area (TPSA) is 61.4 Å². The first-order valence-electron chi connectivity index (χ1n) is 10.6. The Morgan fingerprint density at radius 3 is 2.52 bits per heavy atom. The largest absolute Gasteiger partial charge is 0.326 e. The molecule has 5 heteroatoms. The Labute approximate surface area is 181 Å². The Morgan fingerprint density at radius 1 is 1.00 bits per heavy atom. The Morgan fingerprint density at radius 2 is 1.74 bits per heavy atom. The van der Waals surface area contributed by atoms with Crippen molar-refractivity contribution in [1.29, 1.82) is 0 Å². The van der Waals surface area contributed by atoms with E-state index in [1.807, 2.05) is 38.1 Å². The molecule has 1 atom stereocenters. The van der Waals surface area contributed by atoms with E-state index in [0.717, 1.165) is 35.0 Å². The molecule has 156 valence electrons. The van der Waals surface area contributed by atoms with E-state index in [4.69, 9.17) is 0 Å². The minimum atomic E-state index is -0.516. The smallest absolute Gasteiger partial charge is 0.322 e. The molecule has 0 radical (unpaired) electrons. The maximum atomic E-state index is 13.5. The monoisotopic (exact) mass is 411 g/mol. The third-order valence-electron chi connectivity index (χ3n) is 6.61. The molecule has 3 aromatic rings. The summed E-state index contributed by atoms with van der Waals surface area (Å²) in [6, 6.07) is 17.5. The summed E-state index contributed by atoms with van der Waals surface area (Å²) < 4.78 is 0. The number of allylic oxidation sites excluding steroid dienone is 1. The van der Waals surface area contributed by atoms with Crippen LogP contribution in [0.2, 0.25) is 0 Å². The molecule has 1 heterocycles. The molecule has 0 saturated carbocycles. The molecule has 2 aliphatic rings. The van der Waals surface area contributed by atoms with Gasteiger partial charge in [0.2, 0.25) is 0 Å². The molecule has 1 aliphatic carbocycles. The highest BCUT2D eigenvalue weighted by atomic mass is 16.2. The first-order chi connectivity index (χ1) is 15.0. The molecule has 5 nitrogen and oxygen atoms in total. The van der Waals surface area contributed by atoms with Gasteiger partial charge in [0.25, 0.3) is 5.91 Å². The minimum absolute atomic E-state index is 0.202. The Bertz CT molecular complexity index is 1260. The van der Waals surface area contributed by atoms with E-state index in [0.29, 0.717) is 11.3 Å². The van der Waals surface area contributed by atoms with Gasteiger partial charge in [-0.05, 0) is 65.8 Å². The second-order valence-electron chi connectivity index (χ2n) is 8.36. The molecule has 0 bridgehead atoms. The number of anilines is 1. The van der Waals surface area contributed by atoms with E-state index >= 15 is 0 Å². The number of urea groups is 1. The van der Waals surface area contributed by atoms with Crippen molar-refractivity contribution in [1.82, 2.24) is 10.2 Å². The average molecular weight is 412 g/mol. The number of carbonyl (C=O) groups excluding carboxylic acids is 2. The molecule has 0 fully saturated rings. The number of para-hydroxylation sites is 1. The lowest BCUT2D eigenvalue weighted by molar-refractivity contribution is -0.113. The number of nitrogens with one attached hydrogen (secondary N) is 2. The van der Waals surface area contributed by atoms with Crippen molar-refractivity contribution < 1.29 is 9.59 Å². The van der Waals surface area contributed by atoms with Gasteiger partial charge < -0.3 is 15.5 Å². The SMILES string of the molecule is CC1=C(C(=O)Nc2ccccc2C)[C@H](c2ccc3c4c(cccc24)CC3)NC(=O)N1C. The number of rotatable bonds is 3. The predicted octanol–water partition coefficient (Wildman–Crippen LogP) is 4.86. The quantitative estimate of drug-likeness (QED) is 0.647. The van der Waals surface area contributed by atoms with E-state index in [2.05, 4.69) is 41.0 Å². The molecule has 3 amide bonds. The molecule has 3 aromatic carbocycles. The lowest BCUT2D eigenvalue weighted by Gasteiger charge is -2.34. The fourth-order valence-corrected chi connectivity index (χ4v) is 4.79. The van der Waals surface area contributed by atoms with Gasteiger partial charge >= 0.3 is 6.03 Å². The number of benzene rings is 3. The van der Waals surface area contributed by atoms with Crippen LogP contribution in [0.15, 0.2) is 65.9 Å². The average Bonchev–Trinajstić information content (AvgIpc) is 3.18. The van der Waals surface area contributed by atoms with Crippen LogP contribution in [-0.2, 0) is 17.6 Å². The van der Waals surface area contributed by atoms with Gasteiger partial charge in [0.1, 0.15) is 0 Å². The Hall–Kier alpha value is -3.60. The maximum Gasteiger partial charge on any atom is 0.322 e. The molecular weight excluding hydrogens is 386 g/mol. The second kappa shape index (κ2) is 7.27. The van der Waals surface area contributed by atoms with Crippen molar-refractivity contribution in [3.8, 4) is 0 Å². The molecule has 1 aliphatic heterocycles. The van der Waals surface area contributed by atoms with Gasteiger partial charge in [-0.3, -0.25) is 4.79 Å². The zero-order chi connectivity index (χ0) is 21.7. The minimum Gasteiger partial charge on any atom is -0.326 e. The summed E-state index contributed by atoms with van der Waals surface area (Å²) in [4.78, 5) is 27.7. The number of amides is 3. The number of nitrogens with zero attached hydrogens (tertiary/aromatic N) is 1. The maximum absolute atomic E-state index is 13.5. The molecule has 0 unspecified atom stereocenters. The van der Waals surface area contributed by atoms with Gasteiger partial charge in [0, 0.05) is 18.4 Å². The molecule has 0 spiro atoms. The third-order valence-corrected chi connectivity index (χ3v) is 6.61. The Kier molecular flexibility index (Phi) is 4.54. The summed E-state index contributed by atoms with van der Waals surface area (Å²) in [7, 11) is 1.69. The number of carbonyl (C=O) groups is 2. The van der Waals surface area contributed by atoms with Crippen molar-refractivity contribution in [2.24, 2.45) is 0 Å². The summed E-state index contributed by atoms with van der Waals surface area (Å²) in [5, 5.41) is 8.49. The third kappa shape index (κ3) is 3.08. The standard InChI is InChI=1S/C26H25N3O2/c1-15-7-4-5-10-21(15)27-25(30)22-16(2)29(3)26(31)28-24(22)20-14-13-18-12-11-17-8-6-9-19(20)23(17)18/h4-10,13-14,24H,11-12H2,1-3H3,(H,27,30)(H,28,31)/t24-/m0/s1. The van der Waals surface area contributed by atoms with Gasteiger partial charge in [0.05, 0.1) is 11.6 Å². The van der Waals surface area contributed by atoms with E-state index in [9.17, 15) is 9.59 Å². The van der Waals surface area contributed by atoms with Gasteiger partial charge in [-0.1, -0.05) is 48.5 Å². The zero-order valence-electron chi connectivity index (χ0n) is 18.0. The lowest BCUT2D eigenvalue weighted by Crippen LogP contribution is -2.46.